The van der Waals surface area contributed by atoms with Crippen molar-refractivity contribution in [3.63, 3.8) is 0 Å². The van der Waals surface area contributed by atoms with Gasteiger partial charge in [-0.25, -0.2) is 0 Å². The molecule has 0 saturated carbocycles. The molecule has 86 valence electrons. The quantitative estimate of drug-likeness (QED) is 0.608. The van der Waals surface area contributed by atoms with Crippen molar-refractivity contribution in [1.29, 1.82) is 0 Å². The molecule has 0 spiro atoms. The van der Waals surface area contributed by atoms with Gasteiger partial charge in [-0.2, -0.15) is 0 Å². The average Bonchev–Trinajstić information content (AvgIpc) is 2.76. The summed E-state index contributed by atoms with van der Waals surface area (Å²) in [6.45, 7) is 4.45. The van der Waals surface area contributed by atoms with E-state index in [9.17, 15) is 5.11 Å². The van der Waals surface area contributed by atoms with Gasteiger partial charge in [-0.1, -0.05) is 12.1 Å². The van der Waals surface area contributed by atoms with Crippen molar-refractivity contribution < 1.29 is 9.84 Å². The molecule has 0 amide bonds. The van der Waals surface area contributed by atoms with Gasteiger partial charge < -0.3 is 9.84 Å². The Morgan fingerprint density at radius 1 is 1.50 bits per heavy atom. The Morgan fingerprint density at radius 2 is 2.38 bits per heavy atom. The van der Waals surface area contributed by atoms with Gasteiger partial charge >= 0.3 is 0 Å². The molecule has 0 radical (unpaired) electrons. The Bertz CT molecular complexity index is 371. The van der Waals surface area contributed by atoms with Crippen molar-refractivity contribution in [2.24, 2.45) is 0 Å². The second-order valence-corrected chi connectivity index (χ2v) is 4.20. The molecule has 0 fully saturated rings. The molecule has 0 aliphatic carbocycles. The molecular weight excluding hydrogens is 200 g/mol. The van der Waals surface area contributed by atoms with E-state index in [0.29, 0.717) is 0 Å². The van der Waals surface area contributed by atoms with Crippen LogP contribution < -0.4 is 4.74 Å². The van der Waals surface area contributed by atoms with E-state index in [1.165, 1.54) is 5.56 Å². The number of aliphatic hydroxyl groups is 1. The zero-order valence-corrected chi connectivity index (χ0v) is 9.48. The van der Waals surface area contributed by atoms with Gasteiger partial charge in [0.15, 0.2) is 0 Å². The zero-order valence-electron chi connectivity index (χ0n) is 9.48. The predicted molar refractivity (Wildman–Crippen MR) is 64.6 cm³/mol. The Kier molecular flexibility index (Phi) is 3.62. The highest BCUT2D eigenvalue weighted by molar-refractivity contribution is 5.40. The highest BCUT2D eigenvalue weighted by Crippen LogP contribution is 2.29. The van der Waals surface area contributed by atoms with Crippen molar-refractivity contribution in [2.45, 2.75) is 31.8 Å². The fourth-order valence-electron chi connectivity index (χ4n) is 2.04. The number of hydrogen-bond acceptors (Lipinski definition) is 2. The lowest BCUT2D eigenvalue weighted by atomic mass is 10.0. The van der Waals surface area contributed by atoms with Crippen molar-refractivity contribution in [2.75, 3.05) is 6.61 Å². The highest BCUT2D eigenvalue weighted by atomic mass is 16.5. The summed E-state index contributed by atoms with van der Waals surface area (Å²) in [4.78, 5) is 0. The Balaban J connectivity index is 2.00. The lowest BCUT2D eigenvalue weighted by Gasteiger charge is -2.11. The van der Waals surface area contributed by atoms with Crippen LogP contribution in [0.25, 0.3) is 0 Å². The highest BCUT2D eigenvalue weighted by Gasteiger charge is 2.14. The molecule has 1 aliphatic heterocycles. The summed E-state index contributed by atoms with van der Waals surface area (Å²) in [6.07, 6.45) is 5.24. The minimum absolute atomic E-state index is 0.356. The van der Waals surface area contributed by atoms with Crippen molar-refractivity contribution >= 4 is 0 Å². The van der Waals surface area contributed by atoms with Gasteiger partial charge in [0.1, 0.15) is 5.75 Å². The van der Waals surface area contributed by atoms with Crippen LogP contribution in [0.4, 0.5) is 0 Å². The fraction of sp³-hybridized carbons (Fsp3) is 0.429. The van der Waals surface area contributed by atoms with Crippen LogP contribution in [0.2, 0.25) is 0 Å². The van der Waals surface area contributed by atoms with Gasteiger partial charge in [-0.05, 0) is 42.5 Å². The van der Waals surface area contributed by atoms with E-state index >= 15 is 0 Å². The first-order chi connectivity index (χ1) is 7.81. The number of ether oxygens (including phenoxy) is 1. The number of rotatable bonds is 5. The van der Waals surface area contributed by atoms with E-state index in [-0.39, 0.29) is 6.10 Å². The molecule has 1 aromatic carbocycles. The third-order valence-electron chi connectivity index (χ3n) is 2.98. The molecule has 1 heterocycles. The van der Waals surface area contributed by atoms with E-state index in [0.717, 1.165) is 43.6 Å². The van der Waals surface area contributed by atoms with Gasteiger partial charge in [0.2, 0.25) is 0 Å². The fourth-order valence-corrected chi connectivity index (χ4v) is 2.04. The van der Waals surface area contributed by atoms with Crippen LogP contribution in [0.1, 0.15) is 36.5 Å². The first-order valence-corrected chi connectivity index (χ1v) is 5.86. The lowest BCUT2D eigenvalue weighted by Crippen LogP contribution is -1.97. The van der Waals surface area contributed by atoms with E-state index in [1.54, 1.807) is 0 Å². The number of benzene rings is 1. The van der Waals surface area contributed by atoms with Gasteiger partial charge in [0.05, 0.1) is 12.7 Å². The van der Waals surface area contributed by atoms with Gasteiger partial charge in [-0.3, -0.25) is 0 Å². The zero-order chi connectivity index (χ0) is 11.4. The normalized spacial score (nSPS) is 15.3. The lowest BCUT2D eigenvalue weighted by molar-refractivity contribution is 0.165. The maximum atomic E-state index is 10.0. The topological polar surface area (TPSA) is 29.5 Å². The summed E-state index contributed by atoms with van der Waals surface area (Å²) in [6, 6.07) is 6.00. The van der Waals surface area contributed by atoms with Crippen LogP contribution in [0.5, 0.6) is 5.75 Å². The second-order valence-electron chi connectivity index (χ2n) is 4.20. The number of fused-ring (bicyclic) bond motifs is 1. The maximum Gasteiger partial charge on any atom is 0.122 e. The van der Waals surface area contributed by atoms with Crippen LogP contribution >= 0.6 is 0 Å². The van der Waals surface area contributed by atoms with Crippen molar-refractivity contribution in [1.82, 2.24) is 0 Å². The predicted octanol–water partition coefficient (Wildman–Crippen LogP) is 3.01. The molecule has 0 bridgehead atoms. The van der Waals surface area contributed by atoms with E-state index in [4.69, 9.17) is 4.74 Å². The minimum atomic E-state index is -0.356. The van der Waals surface area contributed by atoms with Crippen LogP contribution in [0, 0.1) is 0 Å². The first kappa shape index (κ1) is 11.2. The van der Waals surface area contributed by atoms with Crippen molar-refractivity contribution in [3.8, 4) is 5.75 Å². The minimum Gasteiger partial charge on any atom is -0.493 e. The van der Waals surface area contributed by atoms with Gasteiger partial charge in [0, 0.05) is 6.42 Å². The number of hydrogen-bond donors (Lipinski definition) is 1. The Hall–Kier alpha value is -1.28. The van der Waals surface area contributed by atoms with Crippen LogP contribution in [0.3, 0.4) is 0 Å². The maximum absolute atomic E-state index is 10.0. The molecule has 2 nitrogen and oxygen atoms in total. The molecule has 1 unspecified atom stereocenters. The summed E-state index contributed by atoms with van der Waals surface area (Å²) >= 11 is 0. The van der Waals surface area contributed by atoms with E-state index in [1.807, 2.05) is 18.2 Å². The number of unbranched alkanes of at least 4 members (excludes halogenated alkanes) is 1. The smallest absolute Gasteiger partial charge is 0.122 e. The summed E-state index contributed by atoms with van der Waals surface area (Å²) < 4.78 is 5.44. The molecular formula is C14H18O2. The Labute approximate surface area is 96.6 Å². The molecule has 2 heteroatoms. The third kappa shape index (κ3) is 2.45. The van der Waals surface area contributed by atoms with E-state index in [2.05, 4.69) is 12.6 Å². The van der Waals surface area contributed by atoms with Crippen molar-refractivity contribution in [3.05, 3.63) is 42.0 Å². The SMILES string of the molecule is C=CCCCC(O)c1ccc2c(c1)CCO2. The van der Waals surface area contributed by atoms with Crippen LogP contribution in [-0.2, 0) is 6.42 Å². The van der Waals surface area contributed by atoms with Gasteiger partial charge in [0.25, 0.3) is 0 Å². The number of aliphatic hydroxyl groups excluding tert-OH is 1. The average molecular weight is 218 g/mol. The molecule has 2 rings (SSSR count). The van der Waals surface area contributed by atoms with Crippen LogP contribution in [0.15, 0.2) is 30.9 Å². The molecule has 1 N–H and O–H groups in total. The molecule has 16 heavy (non-hydrogen) atoms. The molecule has 1 aliphatic rings. The third-order valence-corrected chi connectivity index (χ3v) is 2.98. The summed E-state index contributed by atoms with van der Waals surface area (Å²) in [7, 11) is 0. The largest absolute Gasteiger partial charge is 0.493 e. The summed E-state index contributed by atoms with van der Waals surface area (Å²) in [5.41, 5.74) is 2.23. The summed E-state index contributed by atoms with van der Waals surface area (Å²) in [5.74, 6) is 0.974. The summed E-state index contributed by atoms with van der Waals surface area (Å²) in [5, 5.41) is 10.0. The molecule has 1 atom stereocenters. The number of allylic oxidation sites excluding steroid dienone is 1. The van der Waals surface area contributed by atoms with E-state index < -0.39 is 0 Å². The Morgan fingerprint density at radius 3 is 3.19 bits per heavy atom. The molecule has 0 saturated heterocycles. The standard InChI is InChI=1S/C14H18O2/c1-2-3-4-5-13(15)11-6-7-14-12(10-11)8-9-16-14/h2,6-7,10,13,15H,1,3-5,8-9H2. The molecule has 0 aromatic heterocycles. The van der Waals surface area contributed by atoms with Crippen LogP contribution in [-0.4, -0.2) is 11.7 Å². The molecule has 1 aromatic rings. The monoisotopic (exact) mass is 218 g/mol. The first-order valence-electron chi connectivity index (χ1n) is 5.86. The second kappa shape index (κ2) is 5.17. The van der Waals surface area contributed by atoms with Gasteiger partial charge in [-0.15, -0.1) is 6.58 Å².